The second kappa shape index (κ2) is 20.1. The molecule has 4 amide bonds. The average molecular weight is 959 g/mol. The number of aromatic nitrogens is 2. The maximum absolute atomic E-state index is 14.9. The summed E-state index contributed by atoms with van der Waals surface area (Å²) in [5.74, 6) is -1.55. The van der Waals surface area contributed by atoms with Crippen LogP contribution >= 0.6 is 0 Å². The van der Waals surface area contributed by atoms with Gasteiger partial charge in [-0.3, -0.25) is 39.3 Å². The lowest BCUT2D eigenvalue weighted by atomic mass is 9.84. The maximum Gasteiger partial charge on any atom is 0.324 e. The molecular weight excluding hydrogens is 889 g/mol. The number of hydrogen-bond donors (Lipinski definition) is 4. The predicted molar refractivity (Wildman–Crippen MR) is 265 cm³/mol. The Labute approximate surface area is 410 Å². The van der Waals surface area contributed by atoms with Gasteiger partial charge in [0, 0.05) is 74.8 Å². The zero-order chi connectivity index (χ0) is 49.6. The van der Waals surface area contributed by atoms with Gasteiger partial charge < -0.3 is 34.3 Å². The number of fused-ring (bicyclic) bond motifs is 6. The number of nitrogens with one attached hydrogen (secondary N) is 3. The molecule has 2 saturated heterocycles. The van der Waals surface area contributed by atoms with Crippen molar-refractivity contribution in [3.8, 4) is 28.1 Å². The predicted octanol–water partition coefficient (Wildman–Crippen LogP) is 5.68. The minimum atomic E-state index is -1.16. The molecule has 6 bridgehead atoms. The first-order chi connectivity index (χ1) is 33.5. The Kier molecular flexibility index (Phi) is 14.1. The first-order valence-corrected chi connectivity index (χ1v) is 25.3. The summed E-state index contributed by atoms with van der Waals surface area (Å²) in [5, 5.41) is 20.2. The standard InChI is InChI=1S/C54H70N8O8/c1-8-61-43-20-19-35-27-39(43)40(49(61)38-15-11-21-55-45(38)31(2)69-7)28-54(3,4)30-70-53(68)41-16-12-22-62(58-41)51(66)42(25-32-23-36(35)26-37(63)24-32)56-50(65)48(34-13-9-10-14-34)60(6)44(64)29-59(5)52(67)47-46(57-47)33-17-18-33/h11,15,19-21,23-24,26-27,31,33-34,41-42,46-48,57-58,63H,8-10,12-14,16-18,22,25,28-30H2,1-7H3,(H,56,65)/t31-,41-,42-,46+,47+,48-/m0/s1. The molecular formula is C54H70N8O8. The SMILES string of the molecule is CCn1c(-c2cccnc2[C@H](C)OC)c2c3cc(ccc31)-c1cc(O)cc(c1)C[C@H](NC(=O)[C@H](C1CCCC1)N(C)C(=O)CN(C)C(=O)[C@@H]1N[C@@H]1C1CC1)C(=O)N1CCC[C@H](N1)C(=O)OCC(C)(C)C2. The molecule has 2 aromatic carbocycles. The van der Waals surface area contributed by atoms with Crippen molar-refractivity contribution in [1.82, 2.24) is 40.4 Å². The Morgan fingerprint density at radius 2 is 1.79 bits per heavy atom. The summed E-state index contributed by atoms with van der Waals surface area (Å²) < 4.78 is 14.3. The Morgan fingerprint density at radius 3 is 2.51 bits per heavy atom. The first kappa shape index (κ1) is 49.2. The van der Waals surface area contributed by atoms with Gasteiger partial charge in [-0.2, -0.15) is 0 Å². The fourth-order valence-electron chi connectivity index (χ4n) is 11.3. The molecule has 70 heavy (non-hydrogen) atoms. The van der Waals surface area contributed by atoms with Gasteiger partial charge in [-0.15, -0.1) is 0 Å². The highest BCUT2D eigenvalue weighted by atomic mass is 16.5. The molecule has 3 aliphatic heterocycles. The van der Waals surface area contributed by atoms with Crippen LogP contribution in [-0.2, 0) is 52.8 Å². The smallest absolute Gasteiger partial charge is 0.324 e. The summed E-state index contributed by atoms with van der Waals surface area (Å²) in [6, 6.07) is 12.6. The third kappa shape index (κ3) is 10.2. The van der Waals surface area contributed by atoms with Crippen LogP contribution < -0.4 is 16.1 Å². The minimum Gasteiger partial charge on any atom is -0.508 e. The van der Waals surface area contributed by atoms with Gasteiger partial charge in [-0.25, -0.2) is 5.43 Å². The highest BCUT2D eigenvalue weighted by Gasteiger charge is 2.52. The van der Waals surface area contributed by atoms with Gasteiger partial charge in [0.25, 0.3) is 5.91 Å². The van der Waals surface area contributed by atoms with E-state index in [1.165, 1.54) is 14.8 Å². The minimum absolute atomic E-state index is 0.00160. The van der Waals surface area contributed by atoms with Crippen molar-refractivity contribution in [2.24, 2.45) is 17.3 Å². The van der Waals surface area contributed by atoms with E-state index in [2.05, 4.69) is 59.6 Å². The lowest BCUT2D eigenvalue weighted by Crippen LogP contribution is -2.62. The molecule has 4 fully saturated rings. The largest absolute Gasteiger partial charge is 0.508 e. The molecule has 0 radical (unpaired) electrons. The summed E-state index contributed by atoms with van der Waals surface area (Å²) in [5.41, 5.74) is 9.62. The van der Waals surface area contributed by atoms with Crippen molar-refractivity contribution >= 4 is 40.5 Å². The number of hydrazine groups is 1. The molecule has 2 saturated carbocycles. The third-order valence-electron chi connectivity index (χ3n) is 15.4. The van der Waals surface area contributed by atoms with Crippen molar-refractivity contribution in [2.45, 2.75) is 135 Å². The molecule has 16 heteroatoms. The number of amides is 4. The number of benzene rings is 2. The fourth-order valence-corrected chi connectivity index (χ4v) is 11.3. The van der Waals surface area contributed by atoms with Gasteiger partial charge in [-0.1, -0.05) is 38.8 Å². The quantitative estimate of drug-likeness (QED) is 0.101. The van der Waals surface area contributed by atoms with Crippen LogP contribution in [0.2, 0.25) is 0 Å². The van der Waals surface area contributed by atoms with Crippen molar-refractivity contribution in [3.63, 3.8) is 0 Å². The number of aromatic hydroxyl groups is 1. The number of likely N-dealkylation sites (N-methyl/N-ethyl adjacent to an activating group) is 2. The van der Waals surface area contributed by atoms with Crippen LogP contribution in [0.1, 0.15) is 102 Å². The number of nitrogens with zero attached hydrogens (tertiary/aromatic N) is 5. The number of hydrogen-bond acceptors (Lipinski definition) is 11. The van der Waals surface area contributed by atoms with E-state index in [9.17, 15) is 29.1 Å². The Morgan fingerprint density at radius 1 is 1.01 bits per heavy atom. The van der Waals surface area contributed by atoms with Crippen LogP contribution in [0.4, 0.5) is 0 Å². The molecule has 6 atom stereocenters. The molecule has 4 aromatic rings. The number of cyclic esters (lactones) is 1. The van der Waals surface area contributed by atoms with Crippen LogP contribution in [-0.4, -0.2) is 130 Å². The maximum atomic E-state index is 14.9. The molecule has 374 valence electrons. The Hall–Kier alpha value is -5.84. The van der Waals surface area contributed by atoms with E-state index in [0.29, 0.717) is 37.3 Å². The fraction of sp³-hybridized carbons (Fsp3) is 0.556. The molecule has 16 nitrogen and oxygen atoms in total. The average Bonchev–Trinajstić information content (AvgIpc) is 4.27. The highest BCUT2D eigenvalue weighted by Crippen LogP contribution is 2.43. The van der Waals surface area contributed by atoms with Crippen LogP contribution in [0.5, 0.6) is 5.75 Å². The van der Waals surface area contributed by atoms with Gasteiger partial charge in [0.15, 0.2) is 0 Å². The number of rotatable bonds is 12. The molecule has 5 aliphatic rings. The zero-order valence-corrected chi connectivity index (χ0v) is 41.8. The zero-order valence-electron chi connectivity index (χ0n) is 41.8. The normalized spacial score (nSPS) is 23.6. The van der Waals surface area contributed by atoms with Gasteiger partial charge in [0.05, 0.1) is 30.6 Å². The number of aryl methyl sites for hydroxylation is 1. The number of ether oxygens (including phenoxy) is 2. The highest BCUT2D eigenvalue weighted by molar-refractivity contribution is 5.96. The van der Waals surface area contributed by atoms with Gasteiger partial charge in [0.2, 0.25) is 17.7 Å². The van der Waals surface area contributed by atoms with E-state index < -0.39 is 41.3 Å². The second-order valence-corrected chi connectivity index (χ2v) is 21.2. The third-order valence-corrected chi connectivity index (χ3v) is 15.4. The van der Waals surface area contributed by atoms with Crippen LogP contribution in [0.3, 0.4) is 0 Å². The Bertz CT molecular complexity index is 2650. The summed E-state index contributed by atoms with van der Waals surface area (Å²) in [6.45, 7) is 9.14. The number of carbonyl (C=O) groups excluding carboxylic acids is 5. The van der Waals surface area contributed by atoms with Crippen molar-refractivity contribution in [2.75, 3.05) is 40.9 Å². The van der Waals surface area contributed by atoms with E-state index in [-0.39, 0.29) is 67.8 Å². The number of phenolic OH excluding ortho intramolecular Hbond substituents is 1. The number of pyridine rings is 1. The topological polar surface area (TPSA) is 198 Å². The van der Waals surface area contributed by atoms with Crippen molar-refractivity contribution in [1.29, 1.82) is 0 Å². The first-order valence-electron chi connectivity index (χ1n) is 25.3. The number of methoxy groups -OCH3 is 1. The number of carbonyl (C=O) groups is 5. The summed E-state index contributed by atoms with van der Waals surface area (Å²) >= 11 is 0. The molecule has 2 aromatic heterocycles. The molecule has 9 rings (SSSR count). The molecule has 0 unspecified atom stereocenters. The van der Waals surface area contributed by atoms with E-state index in [4.69, 9.17) is 14.5 Å². The molecule has 0 spiro atoms. The van der Waals surface area contributed by atoms with Crippen LogP contribution in [0.15, 0.2) is 54.7 Å². The summed E-state index contributed by atoms with van der Waals surface area (Å²) in [4.78, 5) is 78.8. The van der Waals surface area contributed by atoms with Crippen LogP contribution in [0.25, 0.3) is 33.3 Å². The van der Waals surface area contributed by atoms with Gasteiger partial charge in [0.1, 0.15) is 29.9 Å². The summed E-state index contributed by atoms with van der Waals surface area (Å²) in [6.07, 6.45) is 8.48. The van der Waals surface area contributed by atoms with Gasteiger partial charge >= 0.3 is 5.97 Å². The van der Waals surface area contributed by atoms with E-state index >= 15 is 0 Å². The second-order valence-electron chi connectivity index (χ2n) is 21.2. The lowest BCUT2D eigenvalue weighted by molar-refractivity contribution is -0.155. The van der Waals surface area contributed by atoms with Crippen LogP contribution in [0, 0.1) is 17.3 Å². The molecule has 4 N–H and O–H groups in total. The molecule has 5 heterocycles. The van der Waals surface area contributed by atoms with Gasteiger partial charge in [-0.05, 0) is 129 Å². The number of esters is 1. The number of phenols is 1. The molecule has 2 aliphatic carbocycles. The summed E-state index contributed by atoms with van der Waals surface area (Å²) in [7, 11) is 4.91. The van der Waals surface area contributed by atoms with E-state index in [1.807, 2.05) is 25.1 Å². The van der Waals surface area contributed by atoms with Crippen molar-refractivity contribution < 1.29 is 38.6 Å². The Balaban J connectivity index is 1.08. The van der Waals surface area contributed by atoms with E-state index in [0.717, 1.165) is 83.1 Å². The van der Waals surface area contributed by atoms with E-state index in [1.54, 1.807) is 39.5 Å². The monoisotopic (exact) mass is 959 g/mol. The lowest BCUT2D eigenvalue weighted by Gasteiger charge is -2.37. The van der Waals surface area contributed by atoms with Crippen molar-refractivity contribution in [3.05, 3.63) is 71.5 Å².